The van der Waals surface area contributed by atoms with Crippen molar-refractivity contribution in [2.45, 2.75) is 38.0 Å². The molecule has 1 aliphatic rings. The van der Waals surface area contributed by atoms with E-state index in [2.05, 4.69) is 17.1 Å². The highest BCUT2D eigenvalue weighted by molar-refractivity contribution is 5.42. The number of ether oxygens (including phenoxy) is 1. The van der Waals surface area contributed by atoms with Gasteiger partial charge in [-0.25, -0.2) is 0 Å². The van der Waals surface area contributed by atoms with Crippen LogP contribution >= 0.6 is 0 Å². The smallest absolute Gasteiger partial charge is 0.281 e. The number of nitrogens with zero attached hydrogens (tertiary/aromatic N) is 2. The molecule has 1 saturated heterocycles. The number of piperidine rings is 1. The summed E-state index contributed by atoms with van der Waals surface area (Å²) in [5.74, 6) is 2.21. The van der Waals surface area contributed by atoms with E-state index < -0.39 is 5.60 Å². The molecule has 180 valence electrons. The maximum Gasteiger partial charge on any atom is 0.281 e. The lowest BCUT2D eigenvalue weighted by molar-refractivity contribution is -0.924. The van der Waals surface area contributed by atoms with E-state index in [0.29, 0.717) is 29.5 Å². The summed E-state index contributed by atoms with van der Waals surface area (Å²) < 4.78 is 12.1. The summed E-state index contributed by atoms with van der Waals surface area (Å²) >= 11 is 0. The molecule has 0 bridgehead atoms. The molecule has 6 nitrogen and oxygen atoms in total. The van der Waals surface area contributed by atoms with Gasteiger partial charge >= 0.3 is 0 Å². The van der Waals surface area contributed by atoms with E-state index in [1.54, 1.807) is 0 Å². The Balaban J connectivity index is 1.36. The van der Waals surface area contributed by atoms with Gasteiger partial charge in [-0.15, -0.1) is 0 Å². The fourth-order valence-corrected chi connectivity index (χ4v) is 5.04. The van der Waals surface area contributed by atoms with Gasteiger partial charge in [0.05, 0.1) is 6.54 Å². The third-order valence-corrected chi connectivity index (χ3v) is 7.02. The van der Waals surface area contributed by atoms with Gasteiger partial charge in [0.2, 0.25) is 5.82 Å². The monoisotopic (exact) mass is 470 g/mol. The Bertz CT molecular complexity index is 1160. The molecule has 3 unspecified atom stereocenters. The first-order valence-electron chi connectivity index (χ1n) is 12.4. The Morgan fingerprint density at radius 1 is 0.943 bits per heavy atom. The van der Waals surface area contributed by atoms with E-state index in [0.717, 1.165) is 31.7 Å². The van der Waals surface area contributed by atoms with E-state index in [-0.39, 0.29) is 11.9 Å². The first-order valence-corrected chi connectivity index (χ1v) is 12.4. The highest BCUT2D eigenvalue weighted by atomic mass is 16.5. The number of benzene rings is 3. The Morgan fingerprint density at radius 2 is 1.54 bits per heavy atom. The lowest BCUT2D eigenvalue weighted by Gasteiger charge is -2.35. The van der Waals surface area contributed by atoms with Crippen LogP contribution in [0.25, 0.3) is 0 Å². The van der Waals surface area contributed by atoms with Crippen LogP contribution in [0, 0.1) is 5.92 Å². The summed E-state index contributed by atoms with van der Waals surface area (Å²) in [4.78, 5) is 6.03. The zero-order valence-electron chi connectivity index (χ0n) is 20.0. The van der Waals surface area contributed by atoms with E-state index in [1.165, 1.54) is 4.90 Å². The molecule has 0 saturated carbocycles. The van der Waals surface area contributed by atoms with Gasteiger partial charge in [0.15, 0.2) is 18.2 Å². The molecule has 2 heterocycles. The van der Waals surface area contributed by atoms with Crippen LogP contribution in [0.4, 0.5) is 0 Å². The highest BCUT2D eigenvalue weighted by Gasteiger charge is 2.39. The maximum absolute atomic E-state index is 11.9. The van der Waals surface area contributed by atoms with Crippen molar-refractivity contribution in [3.05, 3.63) is 114 Å². The summed E-state index contributed by atoms with van der Waals surface area (Å²) in [7, 11) is 0. The number of hydrogen-bond acceptors (Lipinski definition) is 5. The number of likely N-dealkylation sites (tertiary alicyclic amines) is 1. The average Bonchev–Trinajstić information content (AvgIpc) is 3.39. The summed E-state index contributed by atoms with van der Waals surface area (Å²) in [6, 6.07) is 29.0. The standard InChI is InChI=1S/C29H31N3O3/c1-2-22-18-19-32(20-26(22)34-25-16-10-5-11-17-25)21-27-30-28(31-35-27)29(33,23-12-6-3-7-13-23)24-14-8-4-9-15-24/h3-17,22,26,33H,2,18-21H2,1H3/p+1. The molecule has 5 rings (SSSR count). The Labute approximate surface area is 206 Å². The SMILES string of the molecule is CCC1CC[NH+](Cc2nc(C(O)(c3ccccc3)c3ccccc3)no2)CC1Oc1ccccc1. The van der Waals surface area contributed by atoms with Gasteiger partial charge in [-0.1, -0.05) is 90.9 Å². The Kier molecular flexibility index (Phi) is 6.93. The summed E-state index contributed by atoms with van der Waals surface area (Å²) in [5, 5.41) is 16.1. The molecular formula is C29H32N3O3+. The van der Waals surface area contributed by atoms with Crippen LogP contribution in [0.5, 0.6) is 5.75 Å². The van der Waals surface area contributed by atoms with Crippen LogP contribution in [0.3, 0.4) is 0 Å². The molecule has 3 aromatic carbocycles. The van der Waals surface area contributed by atoms with Crippen molar-refractivity contribution in [1.82, 2.24) is 10.1 Å². The molecule has 1 aromatic heterocycles. The Hall–Kier alpha value is -3.48. The fourth-order valence-electron chi connectivity index (χ4n) is 5.04. The minimum absolute atomic E-state index is 0.138. The topological polar surface area (TPSA) is 72.8 Å². The zero-order valence-corrected chi connectivity index (χ0v) is 20.0. The van der Waals surface area contributed by atoms with Gasteiger partial charge in [0.1, 0.15) is 12.3 Å². The number of para-hydroxylation sites is 1. The summed E-state index contributed by atoms with van der Waals surface area (Å²) in [6.45, 7) is 4.71. The minimum atomic E-state index is -1.49. The number of hydrogen-bond donors (Lipinski definition) is 2. The lowest BCUT2D eigenvalue weighted by atomic mass is 9.85. The van der Waals surface area contributed by atoms with Crippen molar-refractivity contribution in [3.63, 3.8) is 0 Å². The second kappa shape index (κ2) is 10.4. The fraction of sp³-hybridized carbons (Fsp3) is 0.310. The van der Waals surface area contributed by atoms with Crippen molar-refractivity contribution in [1.29, 1.82) is 0 Å². The van der Waals surface area contributed by atoms with E-state index in [4.69, 9.17) is 9.26 Å². The van der Waals surface area contributed by atoms with Crippen molar-refractivity contribution in [3.8, 4) is 5.75 Å². The first kappa shape index (κ1) is 23.3. The molecule has 1 aliphatic heterocycles. The minimum Gasteiger partial charge on any atom is -0.484 e. The van der Waals surface area contributed by atoms with Crippen LogP contribution in [-0.2, 0) is 12.1 Å². The van der Waals surface area contributed by atoms with E-state index in [9.17, 15) is 5.11 Å². The van der Waals surface area contributed by atoms with Gasteiger partial charge in [0, 0.05) is 12.3 Å². The van der Waals surface area contributed by atoms with Crippen LogP contribution in [0.1, 0.15) is 42.6 Å². The van der Waals surface area contributed by atoms with Crippen LogP contribution < -0.4 is 9.64 Å². The molecule has 0 amide bonds. The quantitative estimate of drug-likeness (QED) is 0.412. The number of quaternary nitrogens is 1. The van der Waals surface area contributed by atoms with Gasteiger partial charge in [-0.05, 0) is 29.7 Å². The molecule has 3 atom stereocenters. The molecule has 0 spiro atoms. The second-order valence-electron chi connectivity index (χ2n) is 9.26. The largest absolute Gasteiger partial charge is 0.484 e. The zero-order chi connectivity index (χ0) is 24.1. The number of rotatable bonds is 8. The maximum atomic E-state index is 11.9. The molecule has 2 N–H and O–H groups in total. The van der Waals surface area contributed by atoms with Crippen molar-refractivity contribution in [2.24, 2.45) is 5.92 Å². The van der Waals surface area contributed by atoms with Crippen LogP contribution in [0.2, 0.25) is 0 Å². The molecule has 0 aliphatic carbocycles. The second-order valence-corrected chi connectivity index (χ2v) is 9.26. The lowest BCUT2D eigenvalue weighted by Crippen LogP contribution is -3.13. The third kappa shape index (κ3) is 4.99. The molecule has 1 fully saturated rings. The van der Waals surface area contributed by atoms with Gasteiger partial charge in [-0.3, -0.25) is 0 Å². The number of nitrogens with one attached hydrogen (secondary N) is 1. The number of aliphatic hydroxyl groups is 1. The van der Waals surface area contributed by atoms with Crippen LogP contribution in [0.15, 0.2) is 95.5 Å². The highest BCUT2D eigenvalue weighted by Crippen LogP contribution is 2.34. The predicted molar refractivity (Wildman–Crippen MR) is 133 cm³/mol. The van der Waals surface area contributed by atoms with E-state index in [1.807, 2.05) is 91.0 Å². The average molecular weight is 471 g/mol. The third-order valence-electron chi connectivity index (χ3n) is 7.02. The van der Waals surface area contributed by atoms with Gasteiger partial charge in [0.25, 0.3) is 5.89 Å². The Morgan fingerprint density at radius 3 is 2.14 bits per heavy atom. The molecule has 4 aromatic rings. The van der Waals surface area contributed by atoms with Crippen molar-refractivity contribution < 1.29 is 19.3 Å². The first-order chi connectivity index (χ1) is 17.2. The summed E-state index contributed by atoms with van der Waals surface area (Å²) in [5.41, 5.74) is -0.0923. The van der Waals surface area contributed by atoms with E-state index >= 15 is 0 Å². The molecule has 6 heteroatoms. The predicted octanol–water partition coefficient (Wildman–Crippen LogP) is 3.62. The van der Waals surface area contributed by atoms with Crippen molar-refractivity contribution >= 4 is 0 Å². The molecular weight excluding hydrogens is 438 g/mol. The summed E-state index contributed by atoms with van der Waals surface area (Å²) in [6.07, 6.45) is 2.32. The van der Waals surface area contributed by atoms with Crippen molar-refractivity contribution in [2.75, 3.05) is 13.1 Å². The van der Waals surface area contributed by atoms with Gasteiger partial charge in [-0.2, -0.15) is 4.98 Å². The number of aromatic nitrogens is 2. The normalized spacial score (nSPS) is 20.5. The van der Waals surface area contributed by atoms with Gasteiger partial charge < -0.3 is 19.3 Å². The molecule has 35 heavy (non-hydrogen) atoms. The molecule has 0 radical (unpaired) electrons. The van der Waals surface area contributed by atoms with Crippen LogP contribution in [-0.4, -0.2) is 34.4 Å².